The van der Waals surface area contributed by atoms with Crippen LogP contribution in [0, 0.1) is 0 Å². The monoisotopic (exact) mass is 448 g/mol. The predicted octanol–water partition coefficient (Wildman–Crippen LogP) is 2.01. The quantitative estimate of drug-likeness (QED) is 0.596. The van der Waals surface area contributed by atoms with Crippen LogP contribution in [0.3, 0.4) is 0 Å². The number of carbonyl (C=O) groups excluding carboxylic acids is 2. The Morgan fingerprint density at radius 3 is 2.58 bits per heavy atom. The zero-order valence-corrected chi connectivity index (χ0v) is 18.8. The molecule has 2 N–H and O–H groups in total. The molecule has 2 aromatic rings. The van der Waals surface area contributed by atoms with Gasteiger partial charge in [0.05, 0.1) is 29.9 Å². The Labute approximate surface area is 182 Å². The fourth-order valence-electron chi connectivity index (χ4n) is 3.47. The number of rotatable bonds is 8. The van der Waals surface area contributed by atoms with E-state index >= 15 is 0 Å². The van der Waals surface area contributed by atoms with Crippen molar-refractivity contribution in [2.75, 3.05) is 7.11 Å². The van der Waals surface area contributed by atoms with E-state index in [0.717, 1.165) is 31.5 Å². The summed E-state index contributed by atoms with van der Waals surface area (Å²) >= 11 is 0. The molecule has 168 valence electrons. The van der Waals surface area contributed by atoms with E-state index in [4.69, 9.17) is 4.74 Å². The highest BCUT2D eigenvalue weighted by molar-refractivity contribution is 7.89. The molecular weight excluding hydrogens is 420 g/mol. The van der Waals surface area contributed by atoms with E-state index < -0.39 is 16.0 Å². The first-order valence-electron chi connectivity index (χ1n) is 10.3. The van der Waals surface area contributed by atoms with Crippen molar-refractivity contribution in [1.29, 1.82) is 0 Å². The van der Waals surface area contributed by atoms with Gasteiger partial charge in [0.2, 0.25) is 10.0 Å². The van der Waals surface area contributed by atoms with Crippen molar-refractivity contribution < 1.29 is 22.7 Å². The summed E-state index contributed by atoms with van der Waals surface area (Å²) in [4.78, 5) is 24.9. The van der Waals surface area contributed by atoms with Crippen LogP contribution < -0.4 is 10.0 Å². The zero-order valence-electron chi connectivity index (χ0n) is 18.0. The number of ether oxygens (including phenoxy) is 1. The molecule has 0 saturated heterocycles. The van der Waals surface area contributed by atoms with Gasteiger partial charge in [-0.1, -0.05) is 6.92 Å². The van der Waals surface area contributed by atoms with Gasteiger partial charge in [-0.15, -0.1) is 0 Å². The van der Waals surface area contributed by atoms with Crippen molar-refractivity contribution in [2.45, 2.75) is 63.6 Å². The van der Waals surface area contributed by atoms with Gasteiger partial charge in [0.25, 0.3) is 5.91 Å². The molecule has 1 amide bonds. The molecule has 3 rings (SSSR count). The lowest BCUT2D eigenvalue weighted by Gasteiger charge is -2.13. The number of fused-ring (bicyclic) bond motifs is 1. The molecule has 1 aromatic heterocycles. The van der Waals surface area contributed by atoms with Gasteiger partial charge in [0.15, 0.2) is 0 Å². The van der Waals surface area contributed by atoms with Crippen LogP contribution in [0.4, 0.5) is 0 Å². The molecule has 9 nitrogen and oxygen atoms in total. The number of amides is 1. The van der Waals surface area contributed by atoms with E-state index in [-0.39, 0.29) is 23.4 Å². The molecule has 0 fully saturated rings. The molecule has 1 unspecified atom stereocenters. The number of esters is 1. The summed E-state index contributed by atoms with van der Waals surface area (Å²) in [6.07, 6.45) is 3.38. The van der Waals surface area contributed by atoms with E-state index in [0.29, 0.717) is 23.2 Å². The Hall–Kier alpha value is -2.72. The number of aromatic nitrogens is 2. The van der Waals surface area contributed by atoms with Crippen LogP contribution in [-0.4, -0.2) is 43.2 Å². The number of hydrogen-bond donors (Lipinski definition) is 2. The third kappa shape index (κ3) is 5.13. The molecule has 2 heterocycles. The lowest BCUT2D eigenvalue weighted by Crippen LogP contribution is -2.32. The molecule has 1 aliphatic heterocycles. The van der Waals surface area contributed by atoms with E-state index in [9.17, 15) is 18.0 Å². The molecule has 1 aromatic carbocycles. The predicted molar refractivity (Wildman–Crippen MR) is 114 cm³/mol. The first-order chi connectivity index (χ1) is 14.8. The van der Waals surface area contributed by atoms with Crippen LogP contribution in [0.5, 0.6) is 0 Å². The van der Waals surface area contributed by atoms with Gasteiger partial charge in [-0.3, -0.25) is 9.48 Å². The highest BCUT2D eigenvalue weighted by atomic mass is 32.2. The van der Waals surface area contributed by atoms with Crippen LogP contribution in [-0.2, 0) is 34.3 Å². The largest absolute Gasteiger partial charge is 0.465 e. The van der Waals surface area contributed by atoms with Crippen LogP contribution in [0.1, 0.15) is 65.2 Å². The van der Waals surface area contributed by atoms with Crippen molar-refractivity contribution in [3.8, 4) is 0 Å². The number of aryl methyl sites for hydroxylation is 1. The third-order valence-electron chi connectivity index (χ3n) is 5.37. The molecule has 10 heteroatoms. The smallest absolute Gasteiger partial charge is 0.341 e. The Morgan fingerprint density at radius 1 is 1.23 bits per heavy atom. The maximum atomic E-state index is 12.6. The molecule has 0 bridgehead atoms. The van der Waals surface area contributed by atoms with Crippen molar-refractivity contribution in [2.24, 2.45) is 0 Å². The number of carbonyl (C=O) groups is 2. The second-order valence-corrected chi connectivity index (χ2v) is 9.29. The van der Waals surface area contributed by atoms with Crippen molar-refractivity contribution in [3.63, 3.8) is 0 Å². The minimum Gasteiger partial charge on any atom is -0.465 e. The number of nitrogens with one attached hydrogen (secondary N) is 2. The van der Waals surface area contributed by atoms with Crippen molar-refractivity contribution in [3.05, 3.63) is 46.8 Å². The lowest BCUT2D eigenvalue weighted by molar-refractivity contribution is 0.0597. The van der Waals surface area contributed by atoms with E-state index in [2.05, 4.69) is 15.1 Å². The molecule has 0 aliphatic carbocycles. The fourth-order valence-corrected chi connectivity index (χ4v) is 4.80. The first kappa shape index (κ1) is 23.0. The number of hydrogen-bond acceptors (Lipinski definition) is 6. The number of nitrogens with zero attached hydrogens (tertiary/aromatic N) is 2. The molecule has 31 heavy (non-hydrogen) atoms. The summed E-state index contributed by atoms with van der Waals surface area (Å²) in [6.45, 7) is 4.48. The minimum atomic E-state index is -3.64. The lowest BCUT2D eigenvalue weighted by atomic mass is 10.0. The second kappa shape index (κ2) is 9.61. The van der Waals surface area contributed by atoms with E-state index in [1.165, 1.54) is 31.4 Å². The molecule has 0 radical (unpaired) electrons. The van der Waals surface area contributed by atoms with Gasteiger partial charge in [0.1, 0.15) is 5.56 Å². The molecular formula is C21H28N4O5S. The maximum Gasteiger partial charge on any atom is 0.341 e. The molecule has 0 spiro atoms. The standard InChI is InChI=1S/C21H28N4O5S/c1-4-14(2)24-31(28,29)16-10-8-15(9-11-16)20(26)22-13-17-19(21(27)30-3)18-7-5-6-12-25(18)23-17/h8-11,14,24H,4-7,12-13H2,1-3H3,(H,22,26). The number of sulfonamides is 1. The second-order valence-electron chi connectivity index (χ2n) is 7.58. The highest BCUT2D eigenvalue weighted by Crippen LogP contribution is 2.22. The van der Waals surface area contributed by atoms with Gasteiger partial charge < -0.3 is 10.1 Å². The first-order valence-corrected chi connectivity index (χ1v) is 11.8. The average Bonchev–Trinajstić information content (AvgIpc) is 3.15. The van der Waals surface area contributed by atoms with E-state index in [1.807, 2.05) is 6.92 Å². The Kier molecular flexibility index (Phi) is 7.11. The summed E-state index contributed by atoms with van der Waals surface area (Å²) in [6, 6.07) is 5.53. The molecule has 1 aliphatic rings. The Balaban J connectivity index is 1.72. The normalized spacial score (nSPS) is 14.5. The van der Waals surface area contributed by atoms with Crippen LogP contribution in [0.15, 0.2) is 29.2 Å². The zero-order chi connectivity index (χ0) is 22.6. The minimum absolute atomic E-state index is 0.0683. The topological polar surface area (TPSA) is 119 Å². The average molecular weight is 449 g/mol. The molecule has 1 atom stereocenters. The number of benzene rings is 1. The Morgan fingerprint density at radius 2 is 1.94 bits per heavy atom. The fraction of sp³-hybridized carbons (Fsp3) is 0.476. The summed E-state index contributed by atoms with van der Waals surface area (Å²) in [5.74, 6) is -0.851. The van der Waals surface area contributed by atoms with Crippen LogP contribution in [0.2, 0.25) is 0 Å². The van der Waals surface area contributed by atoms with Gasteiger partial charge in [-0.05, 0) is 56.9 Å². The van der Waals surface area contributed by atoms with Crippen molar-refractivity contribution >= 4 is 21.9 Å². The van der Waals surface area contributed by atoms with Gasteiger partial charge in [-0.2, -0.15) is 5.10 Å². The molecule has 0 saturated carbocycles. The Bertz CT molecular complexity index is 1060. The van der Waals surface area contributed by atoms with Crippen LogP contribution in [0.25, 0.3) is 0 Å². The van der Waals surface area contributed by atoms with E-state index in [1.54, 1.807) is 11.6 Å². The van der Waals surface area contributed by atoms with Gasteiger partial charge >= 0.3 is 5.97 Å². The summed E-state index contributed by atoms with van der Waals surface area (Å²) in [5.41, 5.74) is 2.03. The summed E-state index contributed by atoms with van der Waals surface area (Å²) < 4.78 is 34.0. The maximum absolute atomic E-state index is 12.6. The van der Waals surface area contributed by atoms with Gasteiger partial charge in [0, 0.05) is 18.2 Å². The van der Waals surface area contributed by atoms with Crippen LogP contribution >= 0.6 is 0 Å². The summed E-state index contributed by atoms with van der Waals surface area (Å²) in [7, 11) is -2.31. The summed E-state index contributed by atoms with van der Waals surface area (Å²) in [5, 5.41) is 7.24. The highest BCUT2D eigenvalue weighted by Gasteiger charge is 2.26. The SMILES string of the molecule is CCC(C)NS(=O)(=O)c1ccc(C(=O)NCc2nn3c(c2C(=O)OC)CCCC3)cc1. The van der Waals surface area contributed by atoms with Crippen molar-refractivity contribution in [1.82, 2.24) is 19.8 Å². The number of methoxy groups -OCH3 is 1. The third-order valence-corrected chi connectivity index (χ3v) is 6.97. The van der Waals surface area contributed by atoms with Gasteiger partial charge in [-0.25, -0.2) is 17.9 Å².